The lowest BCUT2D eigenvalue weighted by atomic mass is 9.99. The summed E-state index contributed by atoms with van der Waals surface area (Å²) in [5.41, 5.74) is 1.17. The Bertz CT molecular complexity index is 614. The van der Waals surface area contributed by atoms with E-state index in [1.165, 1.54) is 17.1 Å². The Hall–Kier alpha value is -1.95. The van der Waals surface area contributed by atoms with Gasteiger partial charge in [0.25, 0.3) is 0 Å². The maximum absolute atomic E-state index is 11.0. The number of carbonyl (C=O) groups excluding carboxylic acids is 1. The Balaban J connectivity index is 1.68. The number of hydrogen-bond acceptors (Lipinski definition) is 6. The lowest BCUT2D eigenvalue weighted by molar-refractivity contribution is -0.311. The second-order valence-electron chi connectivity index (χ2n) is 5.26. The minimum absolute atomic E-state index is 0.403. The smallest absolute Gasteiger partial charge is 0.205 e. The summed E-state index contributed by atoms with van der Waals surface area (Å²) in [4.78, 5) is 17.6. The van der Waals surface area contributed by atoms with Crippen LogP contribution in [0.3, 0.4) is 0 Å². The number of anilines is 1. The van der Waals surface area contributed by atoms with E-state index in [2.05, 4.69) is 9.36 Å². The van der Waals surface area contributed by atoms with Crippen molar-refractivity contribution in [3.05, 3.63) is 41.7 Å². The number of hydrogen-bond donors (Lipinski definition) is 0. The maximum Gasteiger partial charge on any atom is 0.205 e. The van der Waals surface area contributed by atoms with Crippen LogP contribution >= 0.6 is 11.5 Å². The van der Waals surface area contributed by atoms with E-state index in [9.17, 15) is 9.90 Å². The molecule has 1 fully saturated rings. The van der Waals surface area contributed by atoms with Gasteiger partial charge in [-0.25, -0.2) is 4.98 Å². The molecule has 2 heterocycles. The number of nitrogens with zero attached hydrogens (tertiary/aromatic N) is 3. The Morgan fingerprint density at radius 2 is 2.19 bits per heavy atom. The molecule has 1 aliphatic rings. The number of benzene rings is 1. The molecule has 1 aromatic heterocycles. The fourth-order valence-corrected chi connectivity index (χ4v) is 3.29. The van der Waals surface area contributed by atoms with Gasteiger partial charge < -0.3 is 14.8 Å². The Morgan fingerprint density at radius 1 is 1.38 bits per heavy atom. The highest BCUT2D eigenvalue weighted by Gasteiger charge is 2.23. The van der Waals surface area contributed by atoms with Crippen LogP contribution in [0.2, 0.25) is 0 Å². The summed E-state index contributed by atoms with van der Waals surface area (Å²) in [6.07, 6.45) is 2.25. The number of aliphatic carboxylic acids is 1. The molecular formula is C15H16N3O2S-. The van der Waals surface area contributed by atoms with Gasteiger partial charge >= 0.3 is 0 Å². The van der Waals surface area contributed by atoms with Crippen molar-refractivity contribution in [2.45, 2.75) is 19.3 Å². The summed E-state index contributed by atoms with van der Waals surface area (Å²) < 4.78 is 4.38. The van der Waals surface area contributed by atoms with Crippen LogP contribution in [0.15, 0.2) is 30.3 Å². The first-order valence-corrected chi connectivity index (χ1v) is 7.82. The monoisotopic (exact) mass is 302 g/mol. The third kappa shape index (κ3) is 3.39. The molecule has 0 unspecified atom stereocenters. The summed E-state index contributed by atoms with van der Waals surface area (Å²) in [7, 11) is 0. The van der Waals surface area contributed by atoms with Gasteiger partial charge in [0.1, 0.15) is 5.82 Å². The fraction of sp³-hybridized carbons (Fsp3) is 0.400. The predicted molar refractivity (Wildman–Crippen MR) is 79.1 cm³/mol. The molecule has 1 atom stereocenters. The molecule has 110 valence electrons. The van der Waals surface area contributed by atoms with E-state index in [0.717, 1.165) is 23.9 Å². The van der Waals surface area contributed by atoms with Crippen LogP contribution in [0.1, 0.15) is 24.2 Å². The molecular weight excluding hydrogens is 286 g/mol. The van der Waals surface area contributed by atoms with E-state index in [0.29, 0.717) is 19.4 Å². The van der Waals surface area contributed by atoms with E-state index < -0.39 is 11.9 Å². The zero-order valence-electron chi connectivity index (χ0n) is 11.6. The number of rotatable bonds is 4. The summed E-state index contributed by atoms with van der Waals surface area (Å²) in [5.74, 6) is -0.578. The molecule has 0 bridgehead atoms. The standard InChI is InChI=1S/C15H17N3O2S/c19-14(20)12-7-4-8-18(10-12)15-16-13(17-21-15)9-11-5-2-1-3-6-11/h1-3,5-6,12H,4,7-10H2,(H,19,20)/p-1/t12-/m1/s1. The lowest BCUT2D eigenvalue weighted by Crippen LogP contribution is -2.43. The van der Waals surface area contributed by atoms with Crippen molar-refractivity contribution in [1.82, 2.24) is 9.36 Å². The Morgan fingerprint density at radius 3 is 2.95 bits per heavy atom. The highest BCUT2D eigenvalue weighted by molar-refractivity contribution is 7.09. The molecule has 5 nitrogen and oxygen atoms in total. The van der Waals surface area contributed by atoms with Crippen molar-refractivity contribution >= 4 is 22.6 Å². The first kappa shape index (κ1) is 14.0. The van der Waals surface area contributed by atoms with Gasteiger partial charge in [-0.05, 0) is 18.4 Å². The van der Waals surface area contributed by atoms with Crippen LogP contribution in [0.5, 0.6) is 0 Å². The van der Waals surface area contributed by atoms with E-state index in [4.69, 9.17) is 0 Å². The number of piperidine rings is 1. The van der Waals surface area contributed by atoms with Crippen molar-refractivity contribution in [2.75, 3.05) is 18.0 Å². The van der Waals surface area contributed by atoms with Crippen molar-refractivity contribution in [3.8, 4) is 0 Å². The zero-order valence-corrected chi connectivity index (χ0v) is 12.4. The maximum atomic E-state index is 11.0. The quantitative estimate of drug-likeness (QED) is 0.846. The first-order chi connectivity index (χ1) is 10.2. The van der Waals surface area contributed by atoms with Crippen LogP contribution < -0.4 is 10.0 Å². The lowest BCUT2D eigenvalue weighted by Gasteiger charge is -2.32. The van der Waals surface area contributed by atoms with Crippen LogP contribution in [0.25, 0.3) is 0 Å². The van der Waals surface area contributed by atoms with Crippen molar-refractivity contribution < 1.29 is 9.90 Å². The van der Waals surface area contributed by atoms with Gasteiger partial charge in [0.05, 0.1) is 0 Å². The molecule has 0 saturated carbocycles. The van der Waals surface area contributed by atoms with E-state index in [1.54, 1.807) is 0 Å². The third-order valence-electron chi connectivity index (χ3n) is 3.69. The van der Waals surface area contributed by atoms with Crippen LogP contribution in [-0.2, 0) is 11.2 Å². The topological polar surface area (TPSA) is 69.2 Å². The van der Waals surface area contributed by atoms with E-state index in [-0.39, 0.29) is 0 Å². The van der Waals surface area contributed by atoms with Gasteiger partial charge in [0.15, 0.2) is 0 Å². The average Bonchev–Trinajstić information content (AvgIpc) is 2.97. The van der Waals surface area contributed by atoms with Gasteiger partial charge in [0, 0.05) is 42.9 Å². The second kappa shape index (κ2) is 6.22. The number of carboxylic acids is 1. The molecule has 21 heavy (non-hydrogen) atoms. The molecule has 6 heteroatoms. The molecule has 0 radical (unpaired) electrons. The molecule has 1 aromatic carbocycles. The van der Waals surface area contributed by atoms with Crippen molar-refractivity contribution in [1.29, 1.82) is 0 Å². The highest BCUT2D eigenvalue weighted by atomic mass is 32.1. The number of aromatic nitrogens is 2. The number of carboxylic acid groups (broad SMARTS) is 1. The molecule has 0 N–H and O–H groups in total. The normalized spacial score (nSPS) is 18.7. The van der Waals surface area contributed by atoms with E-state index in [1.807, 2.05) is 35.2 Å². The molecule has 1 saturated heterocycles. The van der Waals surface area contributed by atoms with Crippen molar-refractivity contribution in [2.24, 2.45) is 5.92 Å². The summed E-state index contributed by atoms with van der Waals surface area (Å²) >= 11 is 1.34. The largest absolute Gasteiger partial charge is 0.550 e. The minimum atomic E-state index is -0.964. The molecule has 2 aromatic rings. The van der Waals surface area contributed by atoms with Gasteiger partial charge in [-0.1, -0.05) is 30.3 Å². The predicted octanol–water partition coefficient (Wildman–Crippen LogP) is 1.10. The van der Waals surface area contributed by atoms with Gasteiger partial charge in [-0.3, -0.25) is 0 Å². The van der Waals surface area contributed by atoms with Crippen LogP contribution in [0.4, 0.5) is 5.13 Å². The third-order valence-corrected chi connectivity index (χ3v) is 4.50. The average molecular weight is 302 g/mol. The van der Waals surface area contributed by atoms with Gasteiger partial charge in [0.2, 0.25) is 5.13 Å². The summed E-state index contributed by atoms with van der Waals surface area (Å²) in [6, 6.07) is 10.1. The Kier molecular flexibility index (Phi) is 4.15. The van der Waals surface area contributed by atoms with Crippen molar-refractivity contribution in [3.63, 3.8) is 0 Å². The van der Waals surface area contributed by atoms with Crippen LogP contribution in [0, 0.1) is 5.92 Å². The Labute approximate surface area is 127 Å². The highest BCUT2D eigenvalue weighted by Crippen LogP contribution is 2.25. The summed E-state index contributed by atoms with van der Waals surface area (Å²) in [5, 5.41) is 11.8. The van der Waals surface area contributed by atoms with Gasteiger partial charge in [-0.2, -0.15) is 4.37 Å². The summed E-state index contributed by atoms with van der Waals surface area (Å²) in [6.45, 7) is 1.31. The molecule has 1 aliphatic heterocycles. The first-order valence-electron chi connectivity index (χ1n) is 7.04. The van der Waals surface area contributed by atoms with E-state index >= 15 is 0 Å². The second-order valence-corrected chi connectivity index (χ2v) is 5.99. The molecule has 0 amide bonds. The van der Waals surface area contributed by atoms with Gasteiger partial charge in [-0.15, -0.1) is 0 Å². The molecule has 0 aliphatic carbocycles. The SMILES string of the molecule is O=C([O-])[C@@H]1CCCN(c2nc(Cc3ccccc3)ns2)C1. The molecule has 3 rings (SSSR count). The minimum Gasteiger partial charge on any atom is -0.550 e. The van der Waals surface area contributed by atoms with Crippen LogP contribution in [-0.4, -0.2) is 28.4 Å². The fourth-order valence-electron chi connectivity index (χ4n) is 2.57. The number of carbonyl (C=O) groups is 1. The zero-order chi connectivity index (χ0) is 14.7. The molecule has 0 spiro atoms.